The molecule has 18 heavy (non-hydrogen) atoms. The minimum atomic E-state index is 0.547. The standard InChI is InChI=1S/C14H14N2OS/c1-10-13(4-3-9-15)18-14(16-10)11-5-7-12(17-2)8-6-11/h5-8H,3-4H2,1-2H3. The van der Waals surface area contributed by atoms with Gasteiger partial charge in [-0.1, -0.05) is 0 Å². The van der Waals surface area contributed by atoms with Crippen molar-refractivity contribution in [3.05, 3.63) is 34.8 Å². The van der Waals surface area contributed by atoms with Gasteiger partial charge in [0.2, 0.25) is 0 Å². The number of benzene rings is 1. The number of hydrogen-bond donors (Lipinski definition) is 0. The number of nitriles is 1. The van der Waals surface area contributed by atoms with E-state index in [4.69, 9.17) is 10.00 Å². The van der Waals surface area contributed by atoms with E-state index in [1.807, 2.05) is 31.2 Å². The predicted molar refractivity (Wildman–Crippen MR) is 72.8 cm³/mol. The Kier molecular flexibility index (Phi) is 3.96. The molecule has 0 aliphatic heterocycles. The van der Waals surface area contributed by atoms with E-state index in [1.54, 1.807) is 18.4 Å². The monoisotopic (exact) mass is 258 g/mol. The Morgan fingerprint density at radius 2 is 2.06 bits per heavy atom. The summed E-state index contributed by atoms with van der Waals surface area (Å²) in [6.07, 6.45) is 1.33. The summed E-state index contributed by atoms with van der Waals surface area (Å²) in [6, 6.07) is 10.0. The molecule has 0 spiro atoms. The maximum Gasteiger partial charge on any atom is 0.123 e. The molecule has 2 rings (SSSR count). The Labute approximate surface area is 111 Å². The van der Waals surface area contributed by atoms with Crippen LogP contribution in [0, 0.1) is 18.3 Å². The predicted octanol–water partition coefficient (Wildman–Crippen LogP) is 3.58. The molecule has 0 atom stereocenters. The van der Waals surface area contributed by atoms with Crippen molar-refractivity contribution in [2.24, 2.45) is 0 Å². The number of rotatable bonds is 4. The Hall–Kier alpha value is -1.86. The van der Waals surface area contributed by atoms with E-state index < -0.39 is 0 Å². The van der Waals surface area contributed by atoms with Crippen LogP contribution in [0.4, 0.5) is 0 Å². The molecule has 0 unspecified atom stereocenters. The first-order valence-corrected chi connectivity index (χ1v) is 6.54. The summed E-state index contributed by atoms with van der Waals surface area (Å²) < 4.78 is 5.13. The van der Waals surface area contributed by atoms with E-state index in [-0.39, 0.29) is 0 Å². The van der Waals surface area contributed by atoms with Crippen molar-refractivity contribution in [2.45, 2.75) is 19.8 Å². The van der Waals surface area contributed by atoms with Gasteiger partial charge in [-0.2, -0.15) is 5.26 Å². The van der Waals surface area contributed by atoms with E-state index in [9.17, 15) is 0 Å². The van der Waals surface area contributed by atoms with Crippen molar-refractivity contribution < 1.29 is 4.74 Å². The van der Waals surface area contributed by atoms with Gasteiger partial charge in [0.15, 0.2) is 0 Å². The van der Waals surface area contributed by atoms with Gasteiger partial charge in [-0.3, -0.25) is 0 Å². The van der Waals surface area contributed by atoms with Gasteiger partial charge in [0.25, 0.3) is 0 Å². The Morgan fingerprint density at radius 1 is 1.33 bits per heavy atom. The zero-order valence-electron chi connectivity index (χ0n) is 10.4. The second-order valence-electron chi connectivity index (χ2n) is 3.91. The highest BCUT2D eigenvalue weighted by Crippen LogP contribution is 2.29. The molecule has 0 bridgehead atoms. The van der Waals surface area contributed by atoms with Gasteiger partial charge in [-0.25, -0.2) is 4.98 Å². The number of thiazole rings is 1. The number of ether oxygens (including phenoxy) is 1. The number of nitrogens with zero attached hydrogens (tertiary/aromatic N) is 2. The van der Waals surface area contributed by atoms with E-state index in [2.05, 4.69) is 11.1 Å². The topological polar surface area (TPSA) is 45.9 Å². The van der Waals surface area contributed by atoms with E-state index >= 15 is 0 Å². The van der Waals surface area contributed by atoms with E-state index in [0.29, 0.717) is 6.42 Å². The van der Waals surface area contributed by atoms with E-state index in [1.165, 1.54) is 4.88 Å². The average Bonchev–Trinajstić information content (AvgIpc) is 2.78. The van der Waals surface area contributed by atoms with Gasteiger partial charge in [-0.05, 0) is 37.6 Å². The van der Waals surface area contributed by atoms with Crippen molar-refractivity contribution in [1.29, 1.82) is 5.26 Å². The van der Waals surface area contributed by atoms with Gasteiger partial charge < -0.3 is 4.74 Å². The molecule has 1 aromatic heterocycles. The van der Waals surface area contributed by atoms with Crippen LogP contribution in [0.25, 0.3) is 10.6 Å². The minimum Gasteiger partial charge on any atom is -0.497 e. The smallest absolute Gasteiger partial charge is 0.123 e. The summed E-state index contributed by atoms with van der Waals surface area (Å²) in [5.41, 5.74) is 2.12. The number of aromatic nitrogens is 1. The largest absolute Gasteiger partial charge is 0.497 e. The van der Waals surface area contributed by atoms with Crippen LogP contribution in [-0.4, -0.2) is 12.1 Å². The first kappa shape index (κ1) is 12.6. The number of aryl methyl sites for hydroxylation is 2. The molecular formula is C14H14N2OS. The molecule has 0 aliphatic rings. The number of hydrogen-bond acceptors (Lipinski definition) is 4. The molecule has 1 aromatic carbocycles. The molecule has 92 valence electrons. The summed E-state index contributed by atoms with van der Waals surface area (Å²) in [5.74, 6) is 0.844. The lowest BCUT2D eigenvalue weighted by Crippen LogP contribution is -1.83. The molecule has 0 aliphatic carbocycles. The zero-order chi connectivity index (χ0) is 13.0. The van der Waals surface area contributed by atoms with Crippen molar-refractivity contribution in [3.63, 3.8) is 0 Å². The SMILES string of the molecule is COc1ccc(-c2nc(C)c(CCC#N)s2)cc1. The molecule has 0 saturated carbocycles. The van der Waals surface area contributed by atoms with Crippen LogP contribution in [0.3, 0.4) is 0 Å². The average molecular weight is 258 g/mol. The Bertz CT molecular complexity index is 566. The Balaban J connectivity index is 2.25. The molecule has 0 saturated heterocycles. The fourth-order valence-corrected chi connectivity index (χ4v) is 2.75. The molecular weight excluding hydrogens is 244 g/mol. The van der Waals surface area contributed by atoms with Crippen LogP contribution in [0.15, 0.2) is 24.3 Å². The molecule has 0 fully saturated rings. The molecule has 0 N–H and O–H groups in total. The van der Waals surface area contributed by atoms with Gasteiger partial charge >= 0.3 is 0 Å². The molecule has 4 heteroatoms. The van der Waals surface area contributed by atoms with Gasteiger partial charge in [0, 0.05) is 16.9 Å². The van der Waals surface area contributed by atoms with Crippen molar-refractivity contribution in [1.82, 2.24) is 4.98 Å². The van der Waals surface area contributed by atoms with Gasteiger partial charge in [0.05, 0.1) is 18.9 Å². The Morgan fingerprint density at radius 3 is 2.67 bits per heavy atom. The minimum absolute atomic E-state index is 0.547. The lowest BCUT2D eigenvalue weighted by atomic mass is 10.2. The second-order valence-corrected chi connectivity index (χ2v) is 5.00. The number of methoxy groups -OCH3 is 1. The summed E-state index contributed by atoms with van der Waals surface area (Å²) in [5, 5.41) is 9.62. The lowest BCUT2D eigenvalue weighted by molar-refractivity contribution is 0.415. The van der Waals surface area contributed by atoms with Crippen molar-refractivity contribution in [3.8, 4) is 22.4 Å². The highest BCUT2D eigenvalue weighted by Gasteiger charge is 2.09. The third-order valence-electron chi connectivity index (χ3n) is 2.69. The third-order valence-corrected chi connectivity index (χ3v) is 3.96. The summed E-state index contributed by atoms with van der Waals surface area (Å²) in [7, 11) is 1.66. The zero-order valence-corrected chi connectivity index (χ0v) is 11.3. The van der Waals surface area contributed by atoms with Crippen molar-refractivity contribution >= 4 is 11.3 Å². The highest BCUT2D eigenvalue weighted by atomic mass is 32.1. The highest BCUT2D eigenvalue weighted by molar-refractivity contribution is 7.15. The fourth-order valence-electron chi connectivity index (χ4n) is 1.69. The third kappa shape index (κ3) is 2.69. The first-order valence-electron chi connectivity index (χ1n) is 5.72. The quantitative estimate of drug-likeness (QED) is 0.842. The fraction of sp³-hybridized carbons (Fsp3) is 0.286. The maximum atomic E-state index is 8.62. The van der Waals surface area contributed by atoms with Crippen LogP contribution in [0.5, 0.6) is 5.75 Å². The molecule has 3 nitrogen and oxygen atoms in total. The van der Waals surface area contributed by atoms with Gasteiger partial charge in [-0.15, -0.1) is 11.3 Å². The summed E-state index contributed by atoms with van der Waals surface area (Å²) in [4.78, 5) is 5.75. The molecule has 0 amide bonds. The first-order chi connectivity index (χ1) is 8.74. The van der Waals surface area contributed by atoms with Crippen LogP contribution < -0.4 is 4.74 Å². The maximum absolute atomic E-state index is 8.62. The van der Waals surface area contributed by atoms with Crippen LogP contribution >= 0.6 is 11.3 Å². The van der Waals surface area contributed by atoms with Crippen molar-refractivity contribution in [2.75, 3.05) is 7.11 Å². The summed E-state index contributed by atoms with van der Waals surface area (Å²) in [6.45, 7) is 2.00. The second kappa shape index (κ2) is 5.65. The summed E-state index contributed by atoms with van der Waals surface area (Å²) >= 11 is 1.66. The van der Waals surface area contributed by atoms with Crippen LogP contribution in [-0.2, 0) is 6.42 Å². The van der Waals surface area contributed by atoms with Crippen LogP contribution in [0.1, 0.15) is 17.0 Å². The van der Waals surface area contributed by atoms with E-state index in [0.717, 1.165) is 28.4 Å². The normalized spacial score (nSPS) is 10.1. The van der Waals surface area contributed by atoms with Gasteiger partial charge in [0.1, 0.15) is 10.8 Å². The lowest BCUT2D eigenvalue weighted by Gasteiger charge is -1.99. The molecule has 0 radical (unpaired) electrons. The van der Waals surface area contributed by atoms with Crippen LogP contribution in [0.2, 0.25) is 0 Å². The molecule has 1 heterocycles. The molecule has 2 aromatic rings.